The molecular weight excluding hydrogens is 354 g/mol. The lowest BCUT2D eigenvalue weighted by Crippen LogP contribution is -2.61. The summed E-state index contributed by atoms with van der Waals surface area (Å²) in [5, 5.41) is 14.0. The highest BCUT2D eigenvalue weighted by atomic mass is 79.9. The molecule has 0 radical (unpaired) electrons. The number of benzene rings is 1. The minimum atomic E-state index is -0.441. The Morgan fingerprint density at radius 1 is 1.30 bits per heavy atom. The number of hydrogen-bond acceptors (Lipinski definition) is 2. The quantitative estimate of drug-likeness (QED) is 0.843. The summed E-state index contributed by atoms with van der Waals surface area (Å²) in [7, 11) is 0. The van der Waals surface area contributed by atoms with Crippen LogP contribution in [0.25, 0.3) is 0 Å². The van der Waals surface area contributed by atoms with E-state index in [1.807, 2.05) is 18.2 Å². The van der Waals surface area contributed by atoms with E-state index >= 15 is 0 Å². The van der Waals surface area contributed by atoms with Gasteiger partial charge in [0.15, 0.2) is 0 Å². The van der Waals surface area contributed by atoms with E-state index in [0.717, 1.165) is 41.3 Å². The number of carbonyl (C=O) groups is 1. The van der Waals surface area contributed by atoms with Gasteiger partial charge in [0, 0.05) is 16.1 Å². The first-order chi connectivity index (χ1) is 11.0. The lowest BCUT2D eigenvalue weighted by molar-refractivity contribution is -0.136. The molecule has 4 heteroatoms. The molecular formula is C19H24BrNO2. The van der Waals surface area contributed by atoms with Crippen LogP contribution in [0.15, 0.2) is 22.7 Å². The van der Waals surface area contributed by atoms with Crippen molar-refractivity contribution in [3.63, 3.8) is 0 Å². The predicted molar refractivity (Wildman–Crippen MR) is 93.3 cm³/mol. The molecule has 0 spiro atoms. The SMILES string of the molecule is CCc1cc(Br)ccc1C(=O)N[C@H]1C2CC3CC1C[C@](O)(C3)C2. The number of rotatable bonds is 3. The summed E-state index contributed by atoms with van der Waals surface area (Å²) in [6.45, 7) is 2.08. The lowest BCUT2D eigenvalue weighted by atomic mass is 9.52. The highest BCUT2D eigenvalue weighted by Gasteiger charge is 2.55. The molecule has 124 valence electrons. The topological polar surface area (TPSA) is 49.3 Å². The Bertz CT molecular complexity index is 628. The molecule has 4 bridgehead atoms. The molecule has 0 saturated heterocycles. The fraction of sp³-hybridized carbons (Fsp3) is 0.632. The molecule has 4 aliphatic carbocycles. The zero-order valence-electron chi connectivity index (χ0n) is 13.5. The Hall–Kier alpha value is -0.870. The van der Waals surface area contributed by atoms with Crippen LogP contribution in [0.5, 0.6) is 0 Å². The van der Waals surface area contributed by atoms with Gasteiger partial charge in [0.05, 0.1) is 5.60 Å². The summed E-state index contributed by atoms with van der Waals surface area (Å²) in [6.07, 6.45) is 5.90. The summed E-state index contributed by atoms with van der Waals surface area (Å²) in [5.74, 6) is 1.63. The summed E-state index contributed by atoms with van der Waals surface area (Å²) in [6, 6.07) is 6.14. The van der Waals surface area contributed by atoms with Crippen LogP contribution in [0.3, 0.4) is 0 Å². The van der Waals surface area contributed by atoms with Gasteiger partial charge in [-0.2, -0.15) is 0 Å². The van der Waals surface area contributed by atoms with Gasteiger partial charge in [0.1, 0.15) is 0 Å². The third-order valence-corrected chi connectivity index (χ3v) is 6.72. The second-order valence-corrected chi connectivity index (χ2v) is 8.76. The molecule has 1 amide bonds. The molecule has 2 N–H and O–H groups in total. The van der Waals surface area contributed by atoms with Gasteiger partial charge in [-0.05, 0) is 80.0 Å². The summed E-state index contributed by atoms with van der Waals surface area (Å²) in [4.78, 5) is 12.8. The van der Waals surface area contributed by atoms with Gasteiger partial charge in [0.2, 0.25) is 0 Å². The zero-order valence-corrected chi connectivity index (χ0v) is 15.1. The molecule has 1 aromatic carbocycles. The van der Waals surface area contributed by atoms with Crippen molar-refractivity contribution in [2.45, 2.75) is 57.1 Å². The van der Waals surface area contributed by atoms with Crippen LogP contribution in [0.4, 0.5) is 0 Å². The minimum absolute atomic E-state index is 0.0545. The van der Waals surface area contributed by atoms with Crippen LogP contribution >= 0.6 is 15.9 Å². The number of nitrogens with one attached hydrogen (secondary N) is 1. The van der Waals surface area contributed by atoms with Crippen molar-refractivity contribution in [3.05, 3.63) is 33.8 Å². The number of aryl methyl sites for hydroxylation is 1. The Balaban J connectivity index is 1.54. The maximum Gasteiger partial charge on any atom is 0.251 e. The molecule has 4 saturated carbocycles. The van der Waals surface area contributed by atoms with Crippen LogP contribution in [0.2, 0.25) is 0 Å². The standard InChI is InChI=1S/C19H24BrNO2/c1-2-12-7-15(20)3-4-16(12)18(22)21-17-13-5-11-6-14(17)10-19(23,8-11)9-13/h3-4,7,11,13-14,17,23H,2,5-6,8-10H2,1H3,(H,21,22)/t11?,13?,14?,17-,19-. The van der Waals surface area contributed by atoms with E-state index in [0.29, 0.717) is 17.8 Å². The summed E-state index contributed by atoms with van der Waals surface area (Å²) < 4.78 is 1.02. The van der Waals surface area contributed by atoms with E-state index in [2.05, 4.69) is 28.2 Å². The Labute approximate surface area is 146 Å². The first-order valence-corrected chi connectivity index (χ1v) is 9.58. The van der Waals surface area contributed by atoms with Crippen LogP contribution in [0, 0.1) is 17.8 Å². The second-order valence-electron chi connectivity index (χ2n) is 7.85. The van der Waals surface area contributed by atoms with E-state index in [9.17, 15) is 9.90 Å². The van der Waals surface area contributed by atoms with Crippen molar-refractivity contribution in [2.24, 2.45) is 17.8 Å². The maximum atomic E-state index is 12.8. The largest absolute Gasteiger partial charge is 0.390 e. The molecule has 0 aromatic heterocycles. The van der Waals surface area contributed by atoms with Crippen LogP contribution in [-0.4, -0.2) is 22.7 Å². The molecule has 0 heterocycles. The van der Waals surface area contributed by atoms with E-state index in [4.69, 9.17) is 0 Å². The molecule has 3 nitrogen and oxygen atoms in total. The smallest absolute Gasteiger partial charge is 0.251 e. The van der Waals surface area contributed by atoms with Crippen LogP contribution in [-0.2, 0) is 6.42 Å². The molecule has 23 heavy (non-hydrogen) atoms. The van der Waals surface area contributed by atoms with E-state index < -0.39 is 5.60 Å². The van der Waals surface area contributed by atoms with Crippen molar-refractivity contribution < 1.29 is 9.90 Å². The number of hydrogen-bond donors (Lipinski definition) is 2. The van der Waals surface area contributed by atoms with E-state index in [1.165, 1.54) is 12.8 Å². The average molecular weight is 378 g/mol. The van der Waals surface area contributed by atoms with Gasteiger partial charge in [-0.25, -0.2) is 0 Å². The second kappa shape index (κ2) is 5.59. The molecule has 1 aromatic rings. The predicted octanol–water partition coefficient (Wildman–Crippen LogP) is 3.68. The van der Waals surface area contributed by atoms with E-state index in [-0.39, 0.29) is 11.9 Å². The third-order valence-electron chi connectivity index (χ3n) is 6.23. The van der Waals surface area contributed by atoms with Gasteiger partial charge < -0.3 is 10.4 Å². The molecule has 0 aliphatic heterocycles. The Kier molecular flexibility index (Phi) is 3.80. The van der Waals surface area contributed by atoms with Crippen molar-refractivity contribution in [3.8, 4) is 0 Å². The number of amides is 1. The van der Waals surface area contributed by atoms with Crippen molar-refractivity contribution in [1.29, 1.82) is 0 Å². The van der Waals surface area contributed by atoms with Crippen molar-refractivity contribution in [1.82, 2.24) is 5.32 Å². The third kappa shape index (κ3) is 2.74. The number of carbonyl (C=O) groups excluding carboxylic acids is 1. The highest BCUT2D eigenvalue weighted by molar-refractivity contribution is 9.10. The number of halogens is 1. The van der Waals surface area contributed by atoms with E-state index in [1.54, 1.807) is 0 Å². The van der Waals surface area contributed by atoms with Gasteiger partial charge in [0.25, 0.3) is 5.91 Å². The Morgan fingerprint density at radius 3 is 2.61 bits per heavy atom. The minimum Gasteiger partial charge on any atom is -0.390 e. The van der Waals surface area contributed by atoms with Gasteiger partial charge in [-0.15, -0.1) is 0 Å². The fourth-order valence-corrected chi connectivity index (χ4v) is 5.93. The molecule has 4 fully saturated rings. The Morgan fingerprint density at radius 2 is 2.00 bits per heavy atom. The first-order valence-electron chi connectivity index (χ1n) is 8.79. The van der Waals surface area contributed by atoms with Gasteiger partial charge >= 0.3 is 0 Å². The molecule has 2 atom stereocenters. The molecule has 4 aliphatic rings. The summed E-state index contributed by atoms with van der Waals surface area (Å²) >= 11 is 3.48. The molecule has 5 rings (SSSR count). The fourth-order valence-electron chi connectivity index (χ4n) is 5.52. The van der Waals surface area contributed by atoms with Crippen LogP contribution in [0.1, 0.15) is 54.9 Å². The number of aliphatic hydroxyl groups is 1. The highest BCUT2D eigenvalue weighted by Crippen LogP contribution is 2.55. The lowest BCUT2D eigenvalue weighted by Gasteiger charge is -2.58. The summed E-state index contributed by atoms with van der Waals surface area (Å²) in [5.41, 5.74) is 1.44. The average Bonchev–Trinajstić information content (AvgIpc) is 2.48. The normalized spacial score (nSPS) is 37.9. The monoisotopic (exact) mass is 377 g/mol. The van der Waals surface area contributed by atoms with Gasteiger partial charge in [-0.3, -0.25) is 4.79 Å². The van der Waals surface area contributed by atoms with Crippen molar-refractivity contribution >= 4 is 21.8 Å². The first kappa shape index (κ1) is 15.6. The zero-order chi connectivity index (χ0) is 16.2. The van der Waals surface area contributed by atoms with Crippen LogP contribution < -0.4 is 5.32 Å². The molecule has 2 unspecified atom stereocenters. The van der Waals surface area contributed by atoms with Crippen molar-refractivity contribution in [2.75, 3.05) is 0 Å². The maximum absolute atomic E-state index is 12.8. The van der Waals surface area contributed by atoms with Gasteiger partial charge in [-0.1, -0.05) is 22.9 Å².